The highest BCUT2D eigenvalue weighted by Gasteiger charge is 2.11. The first kappa shape index (κ1) is 11.7. The second kappa shape index (κ2) is 5.03. The van der Waals surface area contributed by atoms with Gasteiger partial charge in [-0.2, -0.15) is 0 Å². The van der Waals surface area contributed by atoms with Crippen molar-refractivity contribution < 1.29 is 9.50 Å². The van der Waals surface area contributed by atoms with Crippen LogP contribution >= 0.6 is 27.3 Å². The van der Waals surface area contributed by atoms with E-state index in [1.54, 1.807) is 17.6 Å². The topological polar surface area (TPSA) is 33.1 Å². The summed E-state index contributed by atoms with van der Waals surface area (Å²) in [5, 5.41) is 12.3. The van der Waals surface area contributed by atoms with Crippen LogP contribution in [0.4, 0.5) is 4.39 Å². The van der Waals surface area contributed by atoms with Crippen molar-refractivity contribution in [2.24, 2.45) is 0 Å². The fraction of sp³-hybridized carbons (Fsp3) is 0.182. The fourth-order valence-corrected chi connectivity index (χ4v) is 2.57. The maximum absolute atomic E-state index is 13.1. The summed E-state index contributed by atoms with van der Waals surface area (Å²) in [6.07, 6.45) is 1.34. The Hall–Kier alpha value is -0.780. The molecule has 0 aliphatic rings. The Bertz CT molecular complexity index is 455. The number of aliphatic hydroxyl groups excluding tert-OH is 1. The van der Waals surface area contributed by atoms with Gasteiger partial charge in [-0.15, -0.1) is 11.3 Å². The molecule has 5 heteroatoms. The van der Waals surface area contributed by atoms with Crippen LogP contribution in [0.5, 0.6) is 0 Å². The number of benzene rings is 1. The molecule has 0 amide bonds. The van der Waals surface area contributed by atoms with E-state index >= 15 is 0 Å². The molecule has 2 aromatic rings. The zero-order chi connectivity index (χ0) is 11.5. The van der Waals surface area contributed by atoms with Crippen LogP contribution in [0, 0.1) is 5.82 Å². The molecule has 0 spiro atoms. The molecule has 2 nitrogen and oxygen atoms in total. The van der Waals surface area contributed by atoms with Gasteiger partial charge < -0.3 is 5.11 Å². The van der Waals surface area contributed by atoms with Gasteiger partial charge in [-0.25, -0.2) is 9.37 Å². The van der Waals surface area contributed by atoms with Crippen molar-refractivity contribution in [3.63, 3.8) is 0 Å². The molecule has 2 rings (SSSR count). The maximum Gasteiger partial charge on any atom is 0.124 e. The Labute approximate surface area is 105 Å². The minimum absolute atomic E-state index is 0.310. The Morgan fingerprint density at radius 1 is 1.44 bits per heavy atom. The van der Waals surface area contributed by atoms with E-state index in [1.807, 2.05) is 0 Å². The van der Waals surface area contributed by atoms with E-state index in [4.69, 9.17) is 0 Å². The predicted molar refractivity (Wildman–Crippen MR) is 64.9 cm³/mol. The van der Waals surface area contributed by atoms with E-state index < -0.39 is 6.10 Å². The molecule has 1 N–H and O–H groups in total. The smallest absolute Gasteiger partial charge is 0.124 e. The third kappa shape index (κ3) is 2.87. The molecule has 1 atom stereocenters. The summed E-state index contributed by atoms with van der Waals surface area (Å²) in [4.78, 5) is 4.02. The highest BCUT2D eigenvalue weighted by Crippen LogP contribution is 2.22. The fourth-order valence-electron chi connectivity index (χ4n) is 1.44. The zero-order valence-corrected chi connectivity index (χ0v) is 10.6. The monoisotopic (exact) mass is 301 g/mol. The van der Waals surface area contributed by atoms with E-state index in [-0.39, 0.29) is 5.82 Å². The minimum atomic E-state index is -0.673. The molecule has 1 unspecified atom stereocenters. The quantitative estimate of drug-likeness (QED) is 0.943. The molecule has 0 saturated heterocycles. The summed E-state index contributed by atoms with van der Waals surface area (Å²) >= 11 is 4.61. The van der Waals surface area contributed by atoms with Gasteiger partial charge in [-0.1, -0.05) is 15.9 Å². The van der Waals surface area contributed by atoms with Gasteiger partial charge in [0.15, 0.2) is 0 Å². The van der Waals surface area contributed by atoms with Crippen molar-refractivity contribution in [2.45, 2.75) is 12.5 Å². The zero-order valence-electron chi connectivity index (χ0n) is 8.23. The lowest BCUT2D eigenvalue weighted by molar-refractivity contribution is 0.178. The van der Waals surface area contributed by atoms with E-state index in [0.29, 0.717) is 15.9 Å². The lowest BCUT2D eigenvalue weighted by Gasteiger charge is -2.08. The summed E-state index contributed by atoms with van der Waals surface area (Å²) in [5.74, 6) is -0.310. The van der Waals surface area contributed by atoms with Crippen LogP contribution in [0.2, 0.25) is 0 Å². The van der Waals surface area contributed by atoms with Gasteiger partial charge in [0.1, 0.15) is 16.9 Å². The van der Waals surface area contributed by atoms with E-state index in [9.17, 15) is 9.50 Å². The molecule has 0 fully saturated rings. The van der Waals surface area contributed by atoms with Crippen molar-refractivity contribution in [3.05, 3.63) is 50.6 Å². The Morgan fingerprint density at radius 2 is 2.25 bits per heavy atom. The van der Waals surface area contributed by atoms with Gasteiger partial charge in [-0.3, -0.25) is 0 Å². The molecule has 1 aromatic heterocycles. The summed E-state index contributed by atoms with van der Waals surface area (Å²) in [7, 11) is 0. The molecule has 0 aliphatic heterocycles. The molecule has 0 radical (unpaired) electrons. The molecular formula is C11H9BrFNOS. The van der Waals surface area contributed by atoms with Crippen molar-refractivity contribution in [1.29, 1.82) is 0 Å². The first-order valence-corrected chi connectivity index (χ1v) is 6.35. The lowest BCUT2D eigenvalue weighted by Crippen LogP contribution is -2.01. The van der Waals surface area contributed by atoms with Crippen LogP contribution in [0.3, 0.4) is 0 Å². The lowest BCUT2D eigenvalue weighted by atomic mass is 10.1. The highest BCUT2D eigenvalue weighted by molar-refractivity contribution is 9.10. The first-order chi connectivity index (χ1) is 7.65. The molecule has 1 heterocycles. The van der Waals surface area contributed by atoms with Gasteiger partial charge in [0.2, 0.25) is 0 Å². The first-order valence-electron chi connectivity index (χ1n) is 4.67. The SMILES string of the molecule is OC(Cc1cc(F)cc(Br)c1)c1nccs1. The molecule has 84 valence electrons. The van der Waals surface area contributed by atoms with Crippen molar-refractivity contribution in [3.8, 4) is 0 Å². The third-order valence-electron chi connectivity index (χ3n) is 2.09. The maximum atomic E-state index is 13.1. The number of nitrogens with zero attached hydrogens (tertiary/aromatic N) is 1. The number of hydrogen-bond donors (Lipinski definition) is 1. The van der Waals surface area contributed by atoms with Crippen LogP contribution in [0.25, 0.3) is 0 Å². The van der Waals surface area contributed by atoms with Crippen LogP contribution < -0.4 is 0 Å². The average molecular weight is 302 g/mol. The molecule has 0 aliphatic carbocycles. The largest absolute Gasteiger partial charge is 0.386 e. The van der Waals surface area contributed by atoms with E-state index in [0.717, 1.165) is 5.56 Å². The van der Waals surface area contributed by atoms with Crippen LogP contribution in [-0.4, -0.2) is 10.1 Å². The van der Waals surface area contributed by atoms with Crippen LogP contribution in [0.1, 0.15) is 16.7 Å². The van der Waals surface area contributed by atoms with Gasteiger partial charge in [0.05, 0.1) is 0 Å². The van der Waals surface area contributed by atoms with Crippen molar-refractivity contribution >= 4 is 27.3 Å². The highest BCUT2D eigenvalue weighted by atomic mass is 79.9. The summed E-state index contributed by atoms with van der Waals surface area (Å²) in [6.45, 7) is 0. The van der Waals surface area contributed by atoms with E-state index in [2.05, 4.69) is 20.9 Å². The Balaban J connectivity index is 2.15. The Morgan fingerprint density at radius 3 is 2.88 bits per heavy atom. The molecule has 0 bridgehead atoms. The number of rotatable bonds is 3. The number of aliphatic hydroxyl groups is 1. The summed E-state index contributed by atoms with van der Waals surface area (Å²) in [6, 6.07) is 4.60. The van der Waals surface area contributed by atoms with Gasteiger partial charge in [0, 0.05) is 22.5 Å². The second-order valence-electron chi connectivity index (χ2n) is 3.37. The molecular weight excluding hydrogens is 293 g/mol. The summed E-state index contributed by atoms with van der Waals surface area (Å²) < 4.78 is 13.8. The summed E-state index contributed by atoms with van der Waals surface area (Å²) in [5.41, 5.74) is 0.745. The Kier molecular flexibility index (Phi) is 3.68. The number of aromatic nitrogens is 1. The van der Waals surface area contributed by atoms with Crippen LogP contribution in [0.15, 0.2) is 34.2 Å². The van der Waals surface area contributed by atoms with E-state index in [1.165, 1.54) is 23.5 Å². The predicted octanol–water partition coefficient (Wildman–Crippen LogP) is 3.32. The molecule has 0 saturated carbocycles. The van der Waals surface area contributed by atoms with Crippen molar-refractivity contribution in [1.82, 2.24) is 4.98 Å². The number of halogens is 2. The normalized spacial score (nSPS) is 12.7. The van der Waals surface area contributed by atoms with Gasteiger partial charge in [-0.05, 0) is 23.8 Å². The number of thiazole rings is 1. The molecule has 16 heavy (non-hydrogen) atoms. The third-order valence-corrected chi connectivity index (χ3v) is 3.42. The second-order valence-corrected chi connectivity index (χ2v) is 5.21. The average Bonchev–Trinajstić information content (AvgIpc) is 2.68. The molecule has 1 aromatic carbocycles. The minimum Gasteiger partial charge on any atom is -0.386 e. The number of hydrogen-bond acceptors (Lipinski definition) is 3. The van der Waals surface area contributed by atoms with Gasteiger partial charge in [0.25, 0.3) is 0 Å². The van der Waals surface area contributed by atoms with Crippen LogP contribution in [-0.2, 0) is 6.42 Å². The van der Waals surface area contributed by atoms with Crippen molar-refractivity contribution in [2.75, 3.05) is 0 Å². The standard InChI is InChI=1S/C11H9BrFNOS/c12-8-3-7(4-9(13)6-8)5-10(15)11-14-1-2-16-11/h1-4,6,10,15H,5H2. The van der Waals surface area contributed by atoms with Gasteiger partial charge >= 0.3 is 0 Å².